The minimum Gasteiger partial charge on any atom is -0.453 e. The van der Waals surface area contributed by atoms with Crippen LogP contribution < -0.4 is 19.3 Å². The van der Waals surface area contributed by atoms with Gasteiger partial charge in [-0.3, -0.25) is 0 Å². The molecular formula is C43H28F2N2O2. The predicted molar refractivity (Wildman–Crippen MR) is 191 cm³/mol. The summed E-state index contributed by atoms with van der Waals surface area (Å²) in [4.78, 5) is 4.27. The second-order valence-corrected chi connectivity index (χ2v) is 12.0. The molecule has 49 heavy (non-hydrogen) atoms. The second kappa shape index (κ2) is 11.4. The van der Waals surface area contributed by atoms with E-state index < -0.39 is 0 Å². The van der Waals surface area contributed by atoms with Crippen LogP contribution in [0.3, 0.4) is 0 Å². The summed E-state index contributed by atoms with van der Waals surface area (Å²) >= 11 is 0. The molecule has 2 aliphatic rings. The lowest BCUT2D eigenvalue weighted by molar-refractivity contribution is 0.477. The van der Waals surface area contributed by atoms with Crippen LogP contribution in [0.4, 0.5) is 42.9 Å². The highest BCUT2D eigenvalue weighted by molar-refractivity contribution is 6.04. The van der Waals surface area contributed by atoms with E-state index in [0.717, 1.165) is 39.7 Å². The summed E-state index contributed by atoms with van der Waals surface area (Å²) < 4.78 is 44.9. The summed E-state index contributed by atoms with van der Waals surface area (Å²) in [6.45, 7) is 2.03. The summed E-state index contributed by atoms with van der Waals surface area (Å²) in [5.74, 6) is 1.91. The number of hydrogen-bond donors (Lipinski definition) is 0. The van der Waals surface area contributed by atoms with Crippen molar-refractivity contribution < 1.29 is 18.3 Å². The van der Waals surface area contributed by atoms with E-state index in [9.17, 15) is 0 Å². The van der Waals surface area contributed by atoms with E-state index in [1.165, 1.54) is 12.1 Å². The minimum atomic E-state index is -0.382. The third kappa shape index (κ3) is 4.56. The van der Waals surface area contributed by atoms with Crippen LogP contribution >= 0.6 is 0 Å². The Morgan fingerprint density at radius 1 is 0.388 bits per heavy atom. The lowest BCUT2D eigenvalue weighted by Gasteiger charge is -2.39. The molecule has 4 nitrogen and oxygen atoms in total. The summed E-state index contributed by atoms with van der Waals surface area (Å²) in [5.41, 5.74) is 7.50. The van der Waals surface area contributed by atoms with Gasteiger partial charge in [-0.05, 0) is 79.2 Å². The van der Waals surface area contributed by atoms with Gasteiger partial charge in [0.1, 0.15) is 11.6 Å². The Bertz CT molecular complexity index is 2170. The Kier molecular flexibility index (Phi) is 6.69. The molecule has 0 aliphatic carbocycles. The molecule has 0 spiro atoms. The number of nitrogens with zero attached hydrogens (tertiary/aromatic N) is 2. The molecule has 2 heterocycles. The van der Waals surface area contributed by atoms with Gasteiger partial charge in [-0.15, -0.1) is 0 Å². The van der Waals surface area contributed by atoms with Crippen LogP contribution in [-0.4, -0.2) is 0 Å². The fourth-order valence-electron chi connectivity index (χ4n) is 7.03. The molecule has 7 aromatic carbocycles. The molecule has 0 saturated heterocycles. The van der Waals surface area contributed by atoms with Crippen molar-refractivity contribution in [2.24, 2.45) is 0 Å². The molecule has 0 radical (unpaired) electrons. The van der Waals surface area contributed by atoms with Crippen molar-refractivity contribution in [3.63, 3.8) is 0 Å². The van der Waals surface area contributed by atoms with E-state index in [1.54, 1.807) is 24.3 Å². The molecule has 0 bridgehead atoms. The third-order valence-electron chi connectivity index (χ3n) is 9.15. The van der Waals surface area contributed by atoms with Crippen LogP contribution in [0.1, 0.15) is 5.56 Å². The summed E-state index contributed by atoms with van der Waals surface area (Å²) in [7, 11) is 0. The molecule has 0 unspecified atom stereocenters. The van der Waals surface area contributed by atoms with Crippen molar-refractivity contribution >= 4 is 34.1 Å². The molecule has 0 atom stereocenters. The molecule has 0 aromatic heterocycles. The lowest BCUT2D eigenvalue weighted by Crippen LogP contribution is -2.21. The third-order valence-corrected chi connectivity index (χ3v) is 9.15. The largest absolute Gasteiger partial charge is 0.453 e. The van der Waals surface area contributed by atoms with Gasteiger partial charge in [0.2, 0.25) is 0 Å². The van der Waals surface area contributed by atoms with E-state index in [1.807, 2.05) is 122 Å². The van der Waals surface area contributed by atoms with Crippen LogP contribution in [0.15, 0.2) is 152 Å². The van der Waals surface area contributed by atoms with Gasteiger partial charge >= 0.3 is 0 Å². The number of ether oxygens (including phenoxy) is 2. The fraction of sp³-hybridized carbons (Fsp3) is 0.0233. The van der Waals surface area contributed by atoms with E-state index in [-0.39, 0.29) is 11.6 Å². The van der Waals surface area contributed by atoms with Crippen LogP contribution in [0.5, 0.6) is 23.0 Å². The smallest absolute Gasteiger partial charge is 0.151 e. The molecule has 0 N–H and O–H groups in total. The molecule has 6 heteroatoms. The Hall–Kier alpha value is -6.40. The summed E-state index contributed by atoms with van der Waals surface area (Å²) in [6.07, 6.45) is 0. The maximum absolute atomic E-state index is 16.1. The van der Waals surface area contributed by atoms with Crippen molar-refractivity contribution in [2.75, 3.05) is 9.80 Å². The van der Waals surface area contributed by atoms with Crippen molar-refractivity contribution in [1.29, 1.82) is 0 Å². The SMILES string of the molecule is Cc1c(N2c3ccccc3Oc3ccccc32)c(-c2ccccc2F)cc(-c2ccccc2F)c1N1c2ccccc2Oc2ccccc21. The minimum absolute atomic E-state index is 0.382. The van der Waals surface area contributed by atoms with Crippen molar-refractivity contribution in [1.82, 2.24) is 0 Å². The molecule has 2 aliphatic heterocycles. The van der Waals surface area contributed by atoms with E-state index in [4.69, 9.17) is 9.47 Å². The zero-order valence-corrected chi connectivity index (χ0v) is 26.4. The number of halogens is 2. The number of fused-ring (bicyclic) bond motifs is 4. The highest BCUT2D eigenvalue weighted by Gasteiger charge is 2.35. The Labute approximate surface area is 282 Å². The molecule has 7 aromatic rings. The number of hydrogen-bond acceptors (Lipinski definition) is 4. The van der Waals surface area contributed by atoms with Gasteiger partial charge in [-0.1, -0.05) is 84.9 Å². The van der Waals surface area contributed by atoms with Crippen LogP contribution in [0.25, 0.3) is 22.3 Å². The van der Waals surface area contributed by atoms with Crippen LogP contribution in [0.2, 0.25) is 0 Å². The van der Waals surface area contributed by atoms with Crippen LogP contribution in [0, 0.1) is 18.6 Å². The van der Waals surface area contributed by atoms with Crippen molar-refractivity contribution in [3.8, 4) is 45.3 Å². The first kappa shape index (κ1) is 28.8. The number of rotatable bonds is 4. The normalized spacial score (nSPS) is 12.6. The van der Waals surface area contributed by atoms with E-state index >= 15 is 8.78 Å². The van der Waals surface area contributed by atoms with Gasteiger partial charge in [-0.25, -0.2) is 8.78 Å². The molecule has 236 valence electrons. The number of anilines is 6. The molecular weight excluding hydrogens is 614 g/mol. The first-order chi connectivity index (χ1) is 24.1. The molecule has 0 saturated carbocycles. The molecule has 9 rings (SSSR count). The Morgan fingerprint density at radius 2 is 0.694 bits per heavy atom. The zero-order chi connectivity index (χ0) is 33.1. The second-order valence-electron chi connectivity index (χ2n) is 12.0. The molecule has 0 amide bonds. The quantitative estimate of drug-likeness (QED) is 0.191. The first-order valence-electron chi connectivity index (χ1n) is 16.1. The maximum atomic E-state index is 16.1. The first-order valence-corrected chi connectivity index (χ1v) is 16.1. The van der Waals surface area contributed by atoms with Crippen LogP contribution in [-0.2, 0) is 0 Å². The predicted octanol–water partition coefficient (Wildman–Crippen LogP) is 12.8. The monoisotopic (exact) mass is 642 g/mol. The lowest BCUT2D eigenvalue weighted by atomic mass is 9.89. The maximum Gasteiger partial charge on any atom is 0.151 e. The van der Waals surface area contributed by atoms with Gasteiger partial charge in [0.15, 0.2) is 23.0 Å². The topological polar surface area (TPSA) is 24.9 Å². The molecule has 0 fully saturated rings. The number of para-hydroxylation sites is 8. The van der Waals surface area contributed by atoms with Crippen molar-refractivity contribution in [3.05, 3.63) is 169 Å². The Morgan fingerprint density at radius 3 is 1.04 bits per heavy atom. The van der Waals surface area contributed by atoms with Gasteiger partial charge in [0.05, 0.1) is 34.1 Å². The van der Waals surface area contributed by atoms with E-state index in [2.05, 4.69) is 9.80 Å². The standard InChI is InChI=1S/C43H28F2N2O2/c1-27-42(46-34-18-6-10-22-38(34)48-39-23-11-7-19-35(39)46)30(28-14-2-4-16-32(28)44)26-31(29-15-3-5-17-33(29)45)43(27)47-36-20-8-12-24-40(36)49-41-25-13-9-21-37(41)47/h2-26H,1H3. The summed E-state index contributed by atoms with van der Waals surface area (Å²) in [5, 5.41) is 0. The van der Waals surface area contributed by atoms with Gasteiger partial charge < -0.3 is 19.3 Å². The zero-order valence-electron chi connectivity index (χ0n) is 26.4. The van der Waals surface area contributed by atoms with E-state index in [0.29, 0.717) is 45.3 Å². The highest BCUT2D eigenvalue weighted by atomic mass is 19.1. The Balaban J connectivity index is 1.46. The summed E-state index contributed by atoms with van der Waals surface area (Å²) in [6, 6.07) is 46.7. The van der Waals surface area contributed by atoms with Gasteiger partial charge in [-0.2, -0.15) is 0 Å². The van der Waals surface area contributed by atoms with Crippen molar-refractivity contribution in [2.45, 2.75) is 6.92 Å². The average Bonchev–Trinajstić information content (AvgIpc) is 3.13. The highest BCUT2D eigenvalue weighted by Crippen LogP contribution is 2.59. The fourth-order valence-corrected chi connectivity index (χ4v) is 7.03. The number of benzene rings is 7. The average molecular weight is 643 g/mol. The van der Waals surface area contributed by atoms with Gasteiger partial charge in [0.25, 0.3) is 0 Å². The van der Waals surface area contributed by atoms with Gasteiger partial charge in [0, 0.05) is 22.3 Å².